The summed E-state index contributed by atoms with van der Waals surface area (Å²) in [5.41, 5.74) is 0.782. The van der Waals surface area contributed by atoms with Gasteiger partial charge in [0, 0.05) is 12.2 Å². The third-order valence-corrected chi connectivity index (χ3v) is 4.66. The predicted molar refractivity (Wildman–Crippen MR) is 117 cm³/mol. The first kappa shape index (κ1) is 24.1. The zero-order chi connectivity index (χ0) is 22.5. The second-order valence-corrected chi connectivity index (χ2v) is 6.57. The van der Waals surface area contributed by atoms with E-state index in [2.05, 4.69) is 13.2 Å². The molecule has 0 radical (unpaired) electrons. The van der Waals surface area contributed by atoms with E-state index in [0.717, 1.165) is 23.3 Å². The van der Waals surface area contributed by atoms with Gasteiger partial charge in [-0.2, -0.15) is 0 Å². The second kappa shape index (κ2) is 12.5. The standard InChI is InChI=1S/C25H28O6/c1-4-23(26)29-17-16-28-20(3)25(21-12-8-6-9-13-21,22-14-10-7-11-15-22)31-19-18-30-24(27)5-2/h4-15,20H,1-2,16-19H2,3H3. The van der Waals surface area contributed by atoms with E-state index in [1.807, 2.05) is 67.6 Å². The van der Waals surface area contributed by atoms with Crippen molar-refractivity contribution in [3.05, 3.63) is 97.1 Å². The van der Waals surface area contributed by atoms with Crippen LogP contribution in [0.4, 0.5) is 0 Å². The summed E-state index contributed by atoms with van der Waals surface area (Å²) in [7, 11) is 0. The lowest BCUT2D eigenvalue weighted by Gasteiger charge is -2.40. The van der Waals surface area contributed by atoms with Crippen LogP contribution in [-0.4, -0.2) is 44.5 Å². The maximum absolute atomic E-state index is 11.4. The van der Waals surface area contributed by atoms with Gasteiger partial charge in [-0.25, -0.2) is 9.59 Å². The van der Waals surface area contributed by atoms with E-state index in [-0.39, 0.29) is 26.4 Å². The highest BCUT2D eigenvalue weighted by atomic mass is 16.6. The summed E-state index contributed by atoms with van der Waals surface area (Å²) in [5.74, 6) is -1.02. The fourth-order valence-electron chi connectivity index (χ4n) is 3.24. The third kappa shape index (κ3) is 6.64. The smallest absolute Gasteiger partial charge is 0.330 e. The van der Waals surface area contributed by atoms with E-state index in [9.17, 15) is 9.59 Å². The maximum atomic E-state index is 11.4. The van der Waals surface area contributed by atoms with Crippen molar-refractivity contribution in [2.24, 2.45) is 0 Å². The number of rotatable bonds is 13. The molecular weight excluding hydrogens is 396 g/mol. The number of carbonyl (C=O) groups excluding carboxylic acids is 2. The second-order valence-electron chi connectivity index (χ2n) is 6.57. The topological polar surface area (TPSA) is 71.1 Å². The van der Waals surface area contributed by atoms with Gasteiger partial charge >= 0.3 is 11.9 Å². The quantitative estimate of drug-likeness (QED) is 0.277. The molecule has 1 unspecified atom stereocenters. The molecule has 164 valence electrons. The van der Waals surface area contributed by atoms with Crippen molar-refractivity contribution < 1.29 is 28.5 Å². The van der Waals surface area contributed by atoms with Crippen LogP contribution in [0.2, 0.25) is 0 Å². The lowest BCUT2D eigenvalue weighted by Crippen LogP contribution is -2.44. The Morgan fingerprint density at radius 1 is 0.806 bits per heavy atom. The van der Waals surface area contributed by atoms with Gasteiger partial charge in [0.15, 0.2) is 0 Å². The minimum absolute atomic E-state index is 0.0654. The van der Waals surface area contributed by atoms with Crippen LogP contribution >= 0.6 is 0 Å². The molecule has 2 aromatic rings. The number of hydrogen-bond donors (Lipinski definition) is 0. The molecule has 0 spiro atoms. The van der Waals surface area contributed by atoms with Crippen molar-refractivity contribution in [2.45, 2.75) is 18.6 Å². The fraction of sp³-hybridized carbons (Fsp3) is 0.280. The molecule has 0 amide bonds. The maximum Gasteiger partial charge on any atom is 0.330 e. The lowest BCUT2D eigenvalue weighted by atomic mass is 9.81. The van der Waals surface area contributed by atoms with Crippen molar-refractivity contribution in [1.29, 1.82) is 0 Å². The molecule has 0 aliphatic heterocycles. The Balaban J connectivity index is 2.30. The number of hydrogen-bond acceptors (Lipinski definition) is 6. The molecule has 0 aliphatic rings. The Kier molecular flexibility index (Phi) is 9.68. The first-order valence-electron chi connectivity index (χ1n) is 9.99. The minimum atomic E-state index is -0.981. The average Bonchev–Trinajstić information content (AvgIpc) is 2.82. The van der Waals surface area contributed by atoms with Crippen molar-refractivity contribution in [2.75, 3.05) is 26.4 Å². The monoisotopic (exact) mass is 424 g/mol. The normalized spacial score (nSPS) is 11.9. The molecule has 0 aliphatic carbocycles. The Labute approximate surface area is 183 Å². The molecular formula is C25H28O6. The van der Waals surface area contributed by atoms with Crippen LogP contribution < -0.4 is 0 Å². The van der Waals surface area contributed by atoms with Crippen LogP contribution in [0.1, 0.15) is 18.1 Å². The van der Waals surface area contributed by atoms with E-state index in [4.69, 9.17) is 18.9 Å². The van der Waals surface area contributed by atoms with E-state index < -0.39 is 23.6 Å². The molecule has 0 heterocycles. The van der Waals surface area contributed by atoms with Gasteiger partial charge in [-0.3, -0.25) is 0 Å². The molecule has 6 nitrogen and oxygen atoms in total. The van der Waals surface area contributed by atoms with Crippen molar-refractivity contribution in [1.82, 2.24) is 0 Å². The minimum Gasteiger partial charge on any atom is -0.460 e. The first-order valence-corrected chi connectivity index (χ1v) is 9.99. The summed E-state index contributed by atoms with van der Waals surface area (Å²) in [6.07, 6.45) is 1.75. The molecule has 0 saturated carbocycles. The number of ether oxygens (including phenoxy) is 4. The van der Waals surface area contributed by atoms with Crippen molar-refractivity contribution in [3.8, 4) is 0 Å². The highest BCUT2D eigenvalue weighted by Gasteiger charge is 2.42. The molecule has 1 atom stereocenters. The van der Waals surface area contributed by atoms with Gasteiger partial charge in [0.1, 0.15) is 18.8 Å². The summed E-state index contributed by atoms with van der Waals surface area (Å²) in [4.78, 5) is 22.7. The van der Waals surface area contributed by atoms with Gasteiger partial charge in [0.25, 0.3) is 0 Å². The van der Waals surface area contributed by atoms with Gasteiger partial charge in [-0.05, 0) is 18.1 Å². The van der Waals surface area contributed by atoms with Crippen LogP contribution in [0.3, 0.4) is 0 Å². The Morgan fingerprint density at radius 3 is 1.71 bits per heavy atom. The number of esters is 2. The Bertz CT molecular complexity index is 807. The van der Waals surface area contributed by atoms with E-state index >= 15 is 0 Å². The summed E-state index contributed by atoms with van der Waals surface area (Å²) >= 11 is 0. The zero-order valence-corrected chi connectivity index (χ0v) is 17.7. The summed E-state index contributed by atoms with van der Waals surface area (Å²) < 4.78 is 22.5. The van der Waals surface area contributed by atoms with Gasteiger partial charge in [-0.15, -0.1) is 0 Å². The van der Waals surface area contributed by atoms with E-state index in [1.54, 1.807) is 0 Å². The summed E-state index contributed by atoms with van der Waals surface area (Å²) in [5, 5.41) is 0. The van der Waals surface area contributed by atoms with Gasteiger partial charge in [0.2, 0.25) is 0 Å². The molecule has 2 rings (SSSR count). The average molecular weight is 424 g/mol. The van der Waals surface area contributed by atoms with E-state index in [1.165, 1.54) is 0 Å². The SMILES string of the molecule is C=CC(=O)OCCOC(C)C(OCCOC(=O)C=C)(c1ccccc1)c1ccccc1. The molecule has 6 heteroatoms. The zero-order valence-electron chi connectivity index (χ0n) is 17.7. The van der Waals surface area contributed by atoms with Crippen LogP contribution in [0.15, 0.2) is 86.0 Å². The largest absolute Gasteiger partial charge is 0.460 e. The molecule has 31 heavy (non-hydrogen) atoms. The molecule has 0 aromatic heterocycles. The Hall–Kier alpha value is -3.22. The summed E-state index contributed by atoms with van der Waals surface area (Å²) in [6, 6.07) is 19.4. The van der Waals surface area contributed by atoms with Crippen molar-refractivity contribution in [3.63, 3.8) is 0 Å². The van der Waals surface area contributed by atoms with Crippen LogP contribution in [0.5, 0.6) is 0 Å². The molecule has 0 N–H and O–H groups in total. The van der Waals surface area contributed by atoms with Crippen LogP contribution in [-0.2, 0) is 34.1 Å². The van der Waals surface area contributed by atoms with Crippen molar-refractivity contribution >= 4 is 11.9 Å². The lowest BCUT2D eigenvalue weighted by molar-refractivity contribution is -0.154. The first-order chi connectivity index (χ1) is 15.0. The summed E-state index contributed by atoms with van der Waals surface area (Å²) in [6.45, 7) is 9.14. The molecule has 0 bridgehead atoms. The highest BCUT2D eigenvalue weighted by molar-refractivity contribution is 5.81. The molecule has 0 fully saturated rings. The molecule has 2 aromatic carbocycles. The van der Waals surface area contributed by atoms with Crippen LogP contribution in [0, 0.1) is 0 Å². The fourth-order valence-corrected chi connectivity index (χ4v) is 3.24. The van der Waals surface area contributed by atoms with Gasteiger partial charge < -0.3 is 18.9 Å². The third-order valence-electron chi connectivity index (χ3n) is 4.66. The van der Waals surface area contributed by atoms with Crippen LogP contribution in [0.25, 0.3) is 0 Å². The molecule has 0 saturated heterocycles. The van der Waals surface area contributed by atoms with Gasteiger partial charge in [-0.1, -0.05) is 73.8 Å². The Morgan fingerprint density at radius 2 is 1.26 bits per heavy atom. The number of benzene rings is 2. The predicted octanol–water partition coefficient (Wildman–Crippen LogP) is 3.81. The van der Waals surface area contributed by atoms with Gasteiger partial charge in [0.05, 0.1) is 19.3 Å². The number of carbonyl (C=O) groups is 2. The highest BCUT2D eigenvalue weighted by Crippen LogP contribution is 2.38. The van der Waals surface area contributed by atoms with E-state index in [0.29, 0.717) is 0 Å².